The van der Waals surface area contributed by atoms with Crippen LogP contribution in [0.3, 0.4) is 0 Å². The molecular weight excluding hydrogens is 466 g/mol. The molecule has 1 heterocycles. The van der Waals surface area contributed by atoms with E-state index in [2.05, 4.69) is 22.2 Å². The summed E-state index contributed by atoms with van der Waals surface area (Å²) in [5.74, 6) is 0.367. The number of aryl methyl sites for hydroxylation is 1. The number of nitrogens with one attached hydrogen (secondary N) is 1. The second kappa shape index (κ2) is 9.66. The Kier molecular flexibility index (Phi) is 8.60. The van der Waals surface area contributed by atoms with Crippen molar-refractivity contribution in [2.45, 2.75) is 32.9 Å². The van der Waals surface area contributed by atoms with Gasteiger partial charge in [-0.05, 0) is 31.0 Å². The lowest BCUT2D eigenvalue weighted by molar-refractivity contribution is 0.708. The molecule has 126 valence electrons. The van der Waals surface area contributed by atoms with Gasteiger partial charge < -0.3 is 11.1 Å². The van der Waals surface area contributed by atoms with Gasteiger partial charge in [-0.2, -0.15) is 0 Å². The first-order chi connectivity index (χ1) is 10.5. The van der Waals surface area contributed by atoms with Crippen LogP contribution in [0.4, 0.5) is 0 Å². The van der Waals surface area contributed by atoms with Crippen molar-refractivity contribution in [2.24, 2.45) is 10.7 Å². The zero-order valence-electron chi connectivity index (χ0n) is 12.8. The first-order valence-electron chi connectivity index (χ1n) is 6.94. The molecule has 0 aliphatic carbocycles. The predicted octanol–water partition coefficient (Wildman–Crippen LogP) is 4.80. The van der Waals surface area contributed by atoms with Crippen molar-refractivity contribution in [3.8, 4) is 0 Å². The number of hydrogen-bond donors (Lipinski definition) is 2. The molecule has 0 spiro atoms. The second-order valence-electron chi connectivity index (χ2n) is 4.81. The van der Waals surface area contributed by atoms with Crippen molar-refractivity contribution >= 4 is 64.5 Å². The summed E-state index contributed by atoms with van der Waals surface area (Å²) < 4.78 is 0. The third kappa shape index (κ3) is 6.10. The number of nitrogens with two attached hydrogens (primary N) is 1. The van der Waals surface area contributed by atoms with Gasteiger partial charge in [-0.15, -0.1) is 35.3 Å². The zero-order chi connectivity index (χ0) is 16.1. The van der Waals surface area contributed by atoms with E-state index in [0.717, 1.165) is 17.0 Å². The monoisotopic (exact) mass is 484 g/mol. The highest BCUT2D eigenvalue weighted by molar-refractivity contribution is 14.0. The van der Waals surface area contributed by atoms with Gasteiger partial charge in [0, 0.05) is 21.1 Å². The lowest BCUT2D eigenvalue weighted by atomic mass is 10.1. The molecule has 0 fully saturated rings. The Balaban J connectivity index is 0.00000264. The van der Waals surface area contributed by atoms with E-state index < -0.39 is 0 Å². The smallest absolute Gasteiger partial charge is 0.189 e. The van der Waals surface area contributed by atoms with Gasteiger partial charge in [0.05, 0.1) is 12.6 Å². The van der Waals surface area contributed by atoms with Gasteiger partial charge in [0.1, 0.15) is 5.01 Å². The third-order valence-electron chi connectivity index (χ3n) is 3.13. The van der Waals surface area contributed by atoms with Crippen molar-refractivity contribution < 1.29 is 0 Å². The number of thiazole rings is 1. The molecule has 0 aliphatic rings. The van der Waals surface area contributed by atoms with Crippen LogP contribution in [0.2, 0.25) is 10.0 Å². The number of nitrogens with zero attached hydrogens (tertiary/aromatic N) is 2. The number of hydrogen-bond acceptors (Lipinski definition) is 3. The van der Waals surface area contributed by atoms with Crippen LogP contribution in [0, 0.1) is 0 Å². The van der Waals surface area contributed by atoms with Crippen LogP contribution < -0.4 is 11.1 Å². The highest BCUT2D eigenvalue weighted by Gasteiger charge is 2.10. The molecule has 1 unspecified atom stereocenters. The first kappa shape index (κ1) is 20.5. The molecule has 0 bridgehead atoms. The second-order valence-corrected chi connectivity index (χ2v) is 6.85. The van der Waals surface area contributed by atoms with Crippen LogP contribution in [0.1, 0.15) is 35.3 Å². The van der Waals surface area contributed by atoms with Crippen LogP contribution in [0.15, 0.2) is 29.4 Å². The minimum atomic E-state index is -0.0592. The highest BCUT2D eigenvalue weighted by atomic mass is 127. The van der Waals surface area contributed by atoms with E-state index in [1.165, 1.54) is 4.88 Å². The van der Waals surface area contributed by atoms with E-state index in [0.29, 0.717) is 22.5 Å². The molecule has 8 heteroatoms. The molecule has 0 saturated heterocycles. The zero-order valence-corrected chi connectivity index (χ0v) is 17.5. The number of benzene rings is 1. The van der Waals surface area contributed by atoms with Crippen LogP contribution in [0.25, 0.3) is 0 Å². The minimum absolute atomic E-state index is 0. The van der Waals surface area contributed by atoms with Gasteiger partial charge in [-0.1, -0.05) is 36.2 Å². The molecule has 0 saturated carbocycles. The van der Waals surface area contributed by atoms with E-state index in [9.17, 15) is 0 Å². The molecule has 2 aromatic rings. The third-order valence-corrected chi connectivity index (χ3v) is 4.82. The fourth-order valence-electron chi connectivity index (χ4n) is 1.94. The summed E-state index contributed by atoms with van der Waals surface area (Å²) in [5.41, 5.74) is 6.85. The van der Waals surface area contributed by atoms with Gasteiger partial charge >= 0.3 is 0 Å². The molecule has 2 rings (SSSR count). The summed E-state index contributed by atoms with van der Waals surface area (Å²) in [4.78, 5) is 9.88. The Morgan fingerprint density at radius 1 is 1.43 bits per heavy atom. The standard InChI is InChI=1S/C15H18Cl2N4S.HI/c1-3-11-7-19-14(22-11)8-20-15(18)21-9(2)12-5-4-10(16)6-13(12)17;/h4-7,9H,3,8H2,1-2H3,(H3,18,20,21);1H. The maximum atomic E-state index is 6.19. The molecule has 0 aliphatic heterocycles. The fourth-order valence-corrected chi connectivity index (χ4v) is 3.29. The van der Waals surface area contributed by atoms with Crippen molar-refractivity contribution in [1.29, 1.82) is 0 Å². The largest absolute Gasteiger partial charge is 0.370 e. The molecule has 0 amide bonds. The van der Waals surface area contributed by atoms with Gasteiger partial charge in [0.15, 0.2) is 5.96 Å². The topological polar surface area (TPSA) is 63.3 Å². The average Bonchev–Trinajstić information content (AvgIpc) is 2.93. The Morgan fingerprint density at radius 3 is 2.78 bits per heavy atom. The Hall–Kier alpha value is -0.570. The lowest BCUT2D eigenvalue weighted by Gasteiger charge is -2.16. The summed E-state index contributed by atoms with van der Waals surface area (Å²) in [7, 11) is 0. The number of rotatable bonds is 5. The maximum Gasteiger partial charge on any atom is 0.189 e. The normalized spacial score (nSPS) is 12.6. The van der Waals surface area contributed by atoms with Crippen LogP contribution in [-0.4, -0.2) is 10.9 Å². The van der Waals surface area contributed by atoms with Crippen molar-refractivity contribution in [1.82, 2.24) is 10.3 Å². The predicted molar refractivity (Wildman–Crippen MR) is 110 cm³/mol. The maximum absolute atomic E-state index is 6.19. The number of aliphatic imine (C=N–C) groups is 1. The average molecular weight is 485 g/mol. The SMILES string of the molecule is CCc1cnc(CN=C(N)NC(C)c2ccc(Cl)cc2Cl)s1.I. The van der Waals surface area contributed by atoms with E-state index in [1.54, 1.807) is 23.5 Å². The van der Waals surface area contributed by atoms with E-state index in [4.69, 9.17) is 28.9 Å². The van der Waals surface area contributed by atoms with Gasteiger partial charge in [0.2, 0.25) is 0 Å². The molecule has 0 radical (unpaired) electrons. The fraction of sp³-hybridized carbons (Fsp3) is 0.333. The Bertz CT molecular complexity index is 675. The molecule has 1 atom stereocenters. The van der Waals surface area contributed by atoms with Crippen LogP contribution >= 0.6 is 58.5 Å². The molecule has 1 aromatic heterocycles. The van der Waals surface area contributed by atoms with Crippen molar-refractivity contribution in [3.63, 3.8) is 0 Å². The first-order valence-corrected chi connectivity index (χ1v) is 8.51. The number of guanidine groups is 1. The summed E-state index contributed by atoms with van der Waals surface area (Å²) in [6.07, 6.45) is 2.87. The highest BCUT2D eigenvalue weighted by Crippen LogP contribution is 2.25. The van der Waals surface area contributed by atoms with Gasteiger partial charge in [-0.3, -0.25) is 0 Å². The van der Waals surface area contributed by atoms with Crippen molar-refractivity contribution in [2.75, 3.05) is 0 Å². The molecule has 23 heavy (non-hydrogen) atoms. The van der Waals surface area contributed by atoms with Crippen LogP contribution in [0.5, 0.6) is 0 Å². The number of aromatic nitrogens is 1. The lowest BCUT2D eigenvalue weighted by Crippen LogP contribution is -2.33. The molecule has 4 nitrogen and oxygen atoms in total. The van der Waals surface area contributed by atoms with Gasteiger partial charge in [0.25, 0.3) is 0 Å². The minimum Gasteiger partial charge on any atom is -0.370 e. The summed E-state index contributed by atoms with van der Waals surface area (Å²) in [6, 6.07) is 5.34. The molecule has 1 aromatic carbocycles. The van der Waals surface area contributed by atoms with Crippen LogP contribution in [-0.2, 0) is 13.0 Å². The van der Waals surface area contributed by atoms with E-state index in [1.807, 2.05) is 19.2 Å². The van der Waals surface area contributed by atoms with E-state index >= 15 is 0 Å². The summed E-state index contributed by atoms with van der Waals surface area (Å²) in [5, 5.41) is 5.30. The Labute approximate surface area is 167 Å². The van der Waals surface area contributed by atoms with Crippen molar-refractivity contribution in [3.05, 3.63) is 49.9 Å². The molecular formula is C15H19Cl2IN4S. The quantitative estimate of drug-likeness (QED) is 0.364. The van der Waals surface area contributed by atoms with E-state index in [-0.39, 0.29) is 30.0 Å². The Morgan fingerprint density at radius 2 is 2.17 bits per heavy atom. The summed E-state index contributed by atoms with van der Waals surface area (Å²) >= 11 is 13.7. The van der Waals surface area contributed by atoms with Gasteiger partial charge in [-0.25, -0.2) is 9.98 Å². The summed E-state index contributed by atoms with van der Waals surface area (Å²) in [6.45, 7) is 4.55. The molecule has 3 N–H and O–H groups in total. The number of halogens is 3.